The number of hydrogen-bond acceptors (Lipinski definition) is 8. The van der Waals surface area contributed by atoms with Crippen molar-refractivity contribution in [1.29, 1.82) is 0 Å². The van der Waals surface area contributed by atoms with Crippen molar-refractivity contribution in [2.75, 3.05) is 38.2 Å². The van der Waals surface area contributed by atoms with Crippen molar-refractivity contribution in [2.45, 2.75) is 13.5 Å². The number of carbonyl (C=O) groups excluding carboxylic acids is 1. The predicted molar refractivity (Wildman–Crippen MR) is 122 cm³/mol. The molecule has 170 valence electrons. The fraction of sp³-hybridized carbons (Fsp3) is 0.318. The van der Waals surface area contributed by atoms with Gasteiger partial charge < -0.3 is 19.1 Å². The van der Waals surface area contributed by atoms with Crippen molar-refractivity contribution < 1.29 is 14.1 Å². The van der Waals surface area contributed by atoms with Gasteiger partial charge >= 0.3 is 0 Å². The van der Waals surface area contributed by atoms with E-state index in [2.05, 4.69) is 25.1 Å². The van der Waals surface area contributed by atoms with Crippen LogP contribution in [0.25, 0.3) is 22.6 Å². The first kappa shape index (κ1) is 21.2. The molecule has 11 heteroatoms. The van der Waals surface area contributed by atoms with Crippen LogP contribution in [0.3, 0.4) is 0 Å². The summed E-state index contributed by atoms with van der Waals surface area (Å²) in [5.74, 6) is 1.44. The molecule has 0 atom stereocenters. The molecule has 5 rings (SSSR count). The van der Waals surface area contributed by atoms with Crippen molar-refractivity contribution in [2.24, 2.45) is 0 Å². The largest absolute Gasteiger partial charge is 0.495 e. The second-order valence-electron chi connectivity index (χ2n) is 7.70. The number of benzene rings is 1. The van der Waals surface area contributed by atoms with Crippen LogP contribution in [0.4, 0.5) is 5.69 Å². The maximum absolute atomic E-state index is 13.1. The molecule has 4 heterocycles. The highest BCUT2D eigenvalue weighted by Gasteiger charge is 2.24. The van der Waals surface area contributed by atoms with E-state index in [0.29, 0.717) is 60.0 Å². The molecule has 1 amide bonds. The zero-order chi connectivity index (χ0) is 22.9. The van der Waals surface area contributed by atoms with Gasteiger partial charge in [-0.05, 0) is 24.3 Å². The van der Waals surface area contributed by atoms with Crippen LogP contribution in [-0.2, 0) is 11.3 Å². The molecular formula is C22H22ClN7O3. The van der Waals surface area contributed by atoms with Gasteiger partial charge in [0.1, 0.15) is 18.0 Å². The number of carbonyl (C=O) groups is 1. The van der Waals surface area contributed by atoms with Gasteiger partial charge in [0, 0.05) is 51.1 Å². The van der Waals surface area contributed by atoms with Crippen LogP contribution in [-0.4, -0.2) is 69.0 Å². The number of ether oxygens (including phenoxy) is 1. The van der Waals surface area contributed by atoms with Crippen LogP contribution in [0, 0.1) is 6.92 Å². The first-order chi connectivity index (χ1) is 16.0. The van der Waals surface area contributed by atoms with Crippen LogP contribution >= 0.6 is 11.6 Å². The number of pyridine rings is 1. The Bertz CT molecular complexity index is 1310. The van der Waals surface area contributed by atoms with Gasteiger partial charge in [-0.15, -0.1) is 0 Å². The van der Waals surface area contributed by atoms with Gasteiger partial charge in [-0.3, -0.25) is 4.79 Å². The lowest BCUT2D eigenvalue weighted by molar-refractivity contribution is -0.132. The summed E-state index contributed by atoms with van der Waals surface area (Å²) < 4.78 is 12.0. The maximum atomic E-state index is 13.1. The van der Waals surface area contributed by atoms with E-state index in [1.54, 1.807) is 24.9 Å². The Morgan fingerprint density at radius 1 is 1.21 bits per heavy atom. The zero-order valence-electron chi connectivity index (χ0n) is 18.2. The third-order valence-corrected chi connectivity index (χ3v) is 5.98. The Morgan fingerprint density at radius 3 is 2.76 bits per heavy atom. The van der Waals surface area contributed by atoms with Gasteiger partial charge in [0.25, 0.3) is 0 Å². The number of halogens is 1. The number of aromatic nitrogens is 5. The Labute approximate surface area is 194 Å². The second kappa shape index (κ2) is 8.70. The molecule has 0 aliphatic carbocycles. The Balaban J connectivity index is 1.30. The third-order valence-electron chi connectivity index (χ3n) is 5.66. The summed E-state index contributed by atoms with van der Waals surface area (Å²) in [7, 11) is 1.60. The topological polar surface area (TPSA) is 102 Å². The van der Waals surface area contributed by atoms with Crippen LogP contribution in [0.2, 0.25) is 5.02 Å². The van der Waals surface area contributed by atoms with Crippen LogP contribution in [0.5, 0.6) is 5.75 Å². The van der Waals surface area contributed by atoms with E-state index in [1.807, 2.05) is 35.2 Å². The molecule has 0 spiro atoms. The maximum Gasteiger partial charge on any atom is 0.244 e. The number of amides is 1. The fourth-order valence-corrected chi connectivity index (χ4v) is 4.16. The zero-order valence-corrected chi connectivity index (χ0v) is 19.0. The van der Waals surface area contributed by atoms with E-state index in [4.69, 9.17) is 20.9 Å². The number of aryl methyl sites for hydroxylation is 1. The van der Waals surface area contributed by atoms with Crippen molar-refractivity contribution in [3.63, 3.8) is 0 Å². The molecule has 0 radical (unpaired) electrons. The van der Waals surface area contributed by atoms with Gasteiger partial charge in [0.15, 0.2) is 5.65 Å². The fourth-order valence-electron chi connectivity index (χ4n) is 3.97. The van der Waals surface area contributed by atoms with Crippen LogP contribution in [0.1, 0.15) is 5.89 Å². The molecule has 0 saturated carbocycles. The number of methoxy groups -OCH3 is 1. The number of fused-ring (bicyclic) bond motifs is 1. The van der Waals surface area contributed by atoms with E-state index in [0.717, 1.165) is 11.1 Å². The molecule has 0 bridgehead atoms. The van der Waals surface area contributed by atoms with E-state index >= 15 is 0 Å². The summed E-state index contributed by atoms with van der Waals surface area (Å²) in [6.07, 6.45) is 1.68. The molecular weight excluding hydrogens is 446 g/mol. The minimum absolute atomic E-state index is 0.0192. The highest BCUT2D eigenvalue weighted by atomic mass is 35.5. The van der Waals surface area contributed by atoms with E-state index in [-0.39, 0.29) is 12.5 Å². The number of nitrogens with zero attached hydrogens (tertiary/aromatic N) is 7. The average Bonchev–Trinajstić information content (AvgIpc) is 3.43. The van der Waals surface area contributed by atoms with Crippen molar-refractivity contribution in [3.8, 4) is 17.3 Å². The first-order valence-corrected chi connectivity index (χ1v) is 10.9. The molecule has 4 aromatic rings. The lowest BCUT2D eigenvalue weighted by atomic mass is 10.2. The summed E-state index contributed by atoms with van der Waals surface area (Å²) in [4.78, 5) is 25.8. The number of rotatable bonds is 5. The predicted octanol–water partition coefficient (Wildman–Crippen LogP) is 2.80. The standard InChI is InChI=1S/C22H22ClN7O3/c1-14-25-21(27-33-14)20-16-4-3-7-24-22(16)30(26-20)13-19(31)29-10-8-28(9-11-29)15-5-6-17(23)18(12-15)32-2/h3-7,12H,8-11,13H2,1-2H3. The molecule has 0 N–H and O–H groups in total. The third kappa shape index (κ3) is 4.09. The van der Waals surface area contributed by atoms with Gasteiger partial charge in [-0.2, -0.15) is 10.1 Å². The highest BCUT2D eigenvalue weighted by molar-refractivity contribution is 6.32. The number of piperazine rings is 1. The van der Waals surface area contributed by atoms with Crippen molar-refractivity contribution >= 4 is 34.2 Å². The van der Waals surface area contributed by atoms with E-state index in [9.17, 15) is 4.79 Å². The molecule has 10 nitrogen and oxygen atoms in total. The van der Waals surface area contributed by atoms with E-state index in [1.165, 1.54) is 0 Å². The lowest BCUT2D eigenvalue weighted by Crippen LogP contribution is -2.49. The second-order valence-corrected chi connectivity index (χ2v) is 8.11. The summed E-state index contributed by atoms with van der Waals surface area (Å²) in [6.45, 7) is 4.43. The smallest absolute Gasteiger partial charge is 0.244 e. The molecule has 1 fully saturated rings. The number of anilines is 1. The summed E-state index contributed by atoms with van der Waals surface area (Å²) >= 11 is 6.14. The normalized spacial score (nSPS) is 14.2. The average molecular weight is 468 g/mol. The molecule has 1 aliphatic heterocycles. The minimum atomic E-state index is -0.0192. The van der Waals surface area contributed by atoms with Crippen LogP contribution < -0.4 is 9.64 Å². The first-order valence-electron chi connectivity index (χ1n) is 10.5. The molecule has 1 aromatic carbocycles. The molecule has 1 aliphatic rings. The van der Waals surface area contributed by atoms with Gasteiger partial charge in [0.05, 0.1) is 17.5 Å². The Hall–Kier alpha value is -3.66. The Kier molecular flexibility index (Phi) is 5.59. The van der Waals surface area contributed by atoms with Crippen molar-refractivity contribution in [3.05, 3.63) is 47.4 Å². The van der Waals surface area contributed by atoms with Crippen LogP contribution in [0.15, 0.2) is 41.1 Å². The molecule has 33 heavy (non-hydrogen) atoms. The van der Waals surface area contributed by atoms with Gasteiger partial charge in [0.2, 0.25) is 17.6 Å². The molecule has 1 saturated heterocycles. The lowest BCUT2D eigenvalue weighted by Gasteiger charge is -2.36. The van der Waals surface area contributed by atoms with E-state index < -0.39 is 0 Å². The SMILES string of the molecule is COc1cc(N2CCN(C(=O)Cn3nc(-c4noc(C)n4)c4cccnc43)CC2)ccc1Cl. The summed E-state index contributed by atoms with van der Waals surface area (Å²) in [6, 6.07) is 9.41. The van der Waals surface area contributed by atoms with Gasteiger partial charge in [-0.1, -0.05) is 16.8 Å². The van der Waals surface area contributed by atoms with Gasteiger partial charge in [-0.25, -0.2) is 9.67 Å². The quantitative estimate of drug-likeness (QED) is 0.441. The highest BCUT2D eigenvalue weighted by Crippen LogP contribution is 2.30. The molecule has 0 unspecified atom stereocenters. The monoisotopic (exact) mass is 467 g/mol. The Morgan fingerprint density at radius 2 is 2.03 bits per heavy atom. The summed E-state index contributed by atoms with van der Waals surface area (Å²) in [5, 5.41) is 9.89. The van der Waals surface area contributed by atoms with Crippen molar-refractivity contribution in [1.82, 2.24) is 29.8 Å². The minimum Gasteiger partial charge on any atom is -0.495 e. The molecule has 3 aromatic heterocycles. The summed E-state index contributed by atoms with van der Waals surface area (Å²) in [5.41, 5.74) is 2.17. The number of hydrogen-bond donors (Lipinski definition) is 0.